The van der Waals surface area contributed by atoms with Crippen molar-refractivity contribution >= 4 is 33.6 Å². The summed E-state index contributed by atoms with van der Waals surface area (Å²) >= 11 is 5.87. The van der Waals surface area contributed by atoms with E-state index in [9.17, 15) is 18.4 Å². The van der Waals surface area contributed by atoms with E-state index < -0.39 is 28.7 Å². The molecule has 2 aromatic heterocycles. The molecule has 1 N–H and O–H groups in total. The zero-order chi connectivity index (χ0) is 15.6. The van der Waals surface area contributed by atoms with E-state index in [0.717, 1.165) is 6.07 Å². The molecular weight excluding hydrogens is 322 g/mol. The quantitative estimate of drug-likeness (QED) is 0.692. The van der Waals surface area contributed by atoms with Crippen molar-refractivity contribution in [3.63, 3.8) is 0 Å². The van der Waals surface area contributed by atoms with E-state index in [4.69, 9.17) is 20.9 Å². The number of aromatic nitrogens is 2. The maximum absolute atomic E-state index is 14.0. The molecule has 4 rings (SSSR count). The lowest BCUT2D eigenvalue weighted by molar-refractivity contribution is 0.233. The number of hydrogen-bond acceptors (Lipinski definition) is 4. The van der Waals surface area contributed by atoms with Crippen molar-refractivity contribution in [3.05, 3.63) is 38.3 Å². The Labute approximate surface area is 124 Å². The average molecular weight is 329 g/mol. The van der Waals surface area contributed by atoms with Crippen LogP contribution in [-0.2, 0) is 0 Å². The summed E-state index contributed by atoms with van der Waals surface area (Å²) in [6.07, 6.45) is 0. The normalized spacial score (nSPS) is 17.1. The molecule has 1 aliphatic heterocycles. The van der Waals surface area contributed by atoms with Crippen LogP contribution in [0.1, 0.15) is 6.04 Å². The fourth-order valence-electron chi connectivity index (χ4n) is 2.75. The summed E-state index contributed by atoms with van der Waals surface area (Å²) in [5.41, 5.74) is -1.54. The van der Waals surface area contributed by atoms with Gasteiger partial charge in [-0.05, 0) is 6.07 Å². The molecule has 9 heteroatoms. The van der Waals surface area contributed by atoms with Gasteiger partial charge in [0, 0.05) is 5.88 Å². The van der Waals surface area contributed by atoms with Gasteiger partial charge in [-0.2, -0.15) is 9.55 Å². The van der Waals surface area contributed by atoms with Gasteiger partial charge in [0.25, 0.3) is 5.56 Å². The topological polar surface area (TPSA) is 77.2 Å². The highest BCUT2D eigenvalue weighted by Gasteiger charge is 2.31. The fourth-order valence-corrected chi connectivity index (χ4v) is 2.98. The van der Waals surface area contributed by atoms with Gasteiger partial charge in [-0.15, -0.1) is 11.6 Å². The number of rotatable bonds is 1. The van der Waals surface area contributed by atoms with E-state index in [0.29, 0.717) is 0 Å². The Morgan fingerprint density at radius 1 is 1.41 bits per heavy atom. The average Bonchev–Trinajstić information content (AvgIpc) is 2.90. The molecule has 0 saturated heterocycles. The molecule has 0 aliphatic carbocycles. The van der Waals surface area contributed by atoms with Gasteiger partial charge in [0.15, 0.2) is 17.0 Å². The third-order valence-electron chi connectivity index (χ3n) is 3.73. The van der Waals surface area contributed by atoms with Crippen LogP contribution < -0.4 is 15.7 Å². The summed E-state index contributed by atoms with van der Waals surface area (Å²) in [6, 6.07) is 0.252. The van der Waals surface area contributed by atoms with Crippen molar-refractivity contribution in [2.75, 3.05) is 12.5 Å². The van der Waals surface area contributed by atoms with Gasteiger partial charge in [0.2, 0.25) is 17.0 Å². The highest BCUT2D eigenvalue weighted by molar-refractivity contribution is 6.18. The first-order chi connectivity index (χ1) is 10.5. The number of ether oxygens (including phenoxy) is 1. The van der Waals surface area contributed by atoms with Crippen molar-refractivity contribution in [2.45, 2.75) is 6.04 Å². The second-order valence-corrected chi connectivity index (χ2v) is 5.24. The number of hydrogen-bond donors (Lipinski definition) is 1. The molecule has 1 unspecified atom stereocenters. The number of pyridine rings is 1. The third-order valence-corrected chi connectivity index (χ3v) is 4.08. The second kappa shape index (κ2) is 4.33. The molecule has 1 atom stereocenters. The van der Waals surface area contributed by atoms with E-state index >= 15 is 0 Å². The largest absolute Gasteiger partial charge is 0.486 e. The summed E-state index contributed by atoms with van der Waals surface area (Å²) in [5, 5.41) is 1.64. The van der Waals surface area contributed by atoms with Crippen LogP contribution >= 0.6 is 11.6 Å². The Bertz CT molecular complexity index is 1050. The number of benzene rings is 1. The second-order valence-electron chi connectivity index (χ2n) is 4.93. The number of nitrogens with zero attached hydrogens (tertiary/aromatic N) is 1. The number of H-pyrrole nitrogens is 1. The monoisotopic (exact) mass is 328 g/mol. The molecule has 3 heterocycles. The van der Waals surface area contributed by atoms with Gasteiger partial charge in [-0.1, -0.05) is 0 Å². The Morgan fingerprint density at radius 2 is 2.18 bits per heavy atom. The first-order valence-electron chi connectivity index (χ1n) is 6.30. The molecule has 0 saturated carbocycles. The molecule has 22 heavy (non-hydrogen) atoms. The third kappa shape index (κ3) is 1.47. The van der Waals surface area contributed by atoms with Gasteiger partial charge in [0.05, 0.1) is 11.4 Å². The fraction of sp³-hybridized carbons (Fsp3) is 0.231. The van der Waals surface area contributed by atoms with Gasteiger partial charge in [0.1, 0.15) is 12.1 Å². The van der Waals surface area contributed by atoms with Crippen LogP contribution in [-0.4, -0.2) is 22.2 Å². The van der Waals surface area contributed by atoms with Gasteiger partial charge in [-0.3, -0.25) is 14.2 Å². The van der Waals surface area contributed by atoms with Crippen LogP contribution in [0.3, 0.4) is 0 Å². The summed E-state index contributed by atoms with van der Waals surface area (Å²) < 4.78 is 39.3. The molecule has 114 valence electrons. The number of fused-ring (bicyclic) bond motifs is 2. The van der Waals surface area contributed by atoms with Gasteiger partial charge >= 0.3 is 0 Å². The van der Waals surface area contributed by atoms with Gasteiger partial charge in [-0.25, -0.2) is 4.39 Å². The van der Waals surface area contributed by atoms with Crippen molar-refractivity contribution < 1.29 is 18.0 Å². The van der Waals surface area contributed by atoms with Crippen LogP contribution in [0, 0.1) is 11.6 Å². The van der Waals surface area contributed by atoms with E-state index in [-0.39, 0.29) is 40.2 Å². The van der Waals surface area contributed by atoms with Gasteiger partial charge < -0.3 is 9.26 Å². The van der Waals surface area contributed by atoms with E-state index in [1.807, 2.05) is 0 Å². The molecule has 0 radical (unpaired) electrons. The molecule has 0 spiro atoms. The zero-order valence-electron chi connectivity index (χ0n) is 10.8. The Kier molecular flexibility index (Phi) is 2.62. The Hall–Kier alpha value is -2.35. The number of nitrogens with one attached hydrogen (secondary N) is 1. The lowest BCUT2D eigenvalue weighted by Crippen LogP contribution is -2.28. The molecule has 0 fully saturated rings. The SMILES string of the molecule is O=c1[nH]oc2c1c(=O)c1cc(F)c(F)c3c1n2C(CCl)CO3. The highest BCUT2D eigenvalue weighted by Crippen LogP contribution is 2.37. The lowest BCUT2D eigenvalue weighted by Gasteiger charge is -2.27. The minimum Gasteiger partial charge on any atom is -0.486 e. The zero-order valence-corrected chi connectivity index (χ0v) is 11.5. The van der Waals surface area contributed by atoms with E-state index in [2.05, 4.69) is 5.16 Å². The summed E-state index contributed by atoms with van der Waals surface area (Å²) in [4.78, 5) is 24.2. The van der Waals surface area contributed by atoms with Crippen molar-refractivity contribution in [3.8, 4) is 5.75 Å². The maximum Gasteiger partial charge on any atom is 0.293 e. The minimum absolute atomic E-state index is 0.0241. The standard InChI is InChI=1S/C13H7ClF2N2O4/c14-2-4-3-21-11-8(16)6(15)1-5-9(11)18(4)13-7(10(5)19)12(20)17-22-13/h1,4H,2-3H2,(H,17,20). The lowest BCUT2D eigenvalue weighted by atomic mass is 10.1. The Balaban J connectivity index is 2.38. The number of halogens is 3. The predicted molar refractivity (Wildman–Crippen MR) is 73.8 cm³/mol. The van der Waals surface area contributed by atoms with E-state index in [1.165, 1.54) is 4.57 Å². The molecular formula is C13H7ClF2N2O4. The van der Waals surface area contributed by atoms with Crippen LogP contribution in [0.4, 0.5) is 8.78 Å². The van der Waals surface area contributed by atoms with Crippen LogP contribution in [0.5, 0.6) is 5.75 Å². The molecule has 3 aromatic rings. The van der Waals surface area contributed by atoms with E-state index in [1.54, 1.807) is 0 Å². The Morgan fingerprint density at radius 3 is 2.91 bits per heavy atom. The molecule has 0 amide bonds. The number of alkyl halides is 1. The van der Waals surface area contributed by atoms with Crippen LogP contribution in [0.15, 0.2) is 20.2 Å². The van der Waals surface area contributed by atoms with Crippen LogP contribution in [0.2, 0.25) is 0 Å². The molecule has 0 bridgehead atoms. The molecule has 1 aliphatic rings. The number of aromatic amines is 1. The van der Waals surface area contributed by atoms with Crippen molar-refractivity contribution in [2.24, 2.45) is 0 Å². The molecule has 1 aromatic carbocycles. The molecule has 6 nitrogen and oxygen atoms in total. The summed E-state index contributed by atoms with van der Waals surface area (Å²) in [7, 11) is 0. The minimum atomic E-state index is -1.23. The smallest absolute Gasteiger partial charge is 0.293 e. The van der Waals surface area contributed by atoms with Crippen molar-refractivity contribution in [1.82, 2.24) is 9.72 Å². The maximum atomic E-state index is 14.0. The first-order valence-corrected chi connectivity index (χ1v) is 6.84. The van der Waals surface area contributed by atoms with Crippen molar-refractivity contribution in [1.29, 1.82) is 0 Å². The first kappa shape index (κ1) is 13.3. The predicted octanol–water partition coefficient (Wildman–Crippen LogP) is 1.89. The summed E-state index contributed by atoms with van der Waals surface area (Å²) in [5.74, 6) is -2.75. The summed E-state index contributed by atoms with van der Waals surface area (Å²) in [6.45, 7) is -0.0428. The van der Waals surface area contributed by atoms with Crippen LogP contribution in [0.25, 0.3) is 22.0 Å². The highest BCUT2D eigenvalue weighted by atomic mass is 35.5.